The second-order valence-electron chi connectivity index (χ2n) is 5.11. The summed E-state index contributed by atoms with van der Waals surface area (Å²) in [6.45, 7) is 13.2. The molecular weight excluding hydrogens is 288 g/mol. The lowest BCUT2D eigenvalue weighted by atomic mass is 10.2. The summed E-state index contributed by atoms with van der Waals surface area (Å²) in [5.41, 5.74) is 1.18. The first-order valence-electron chi connectivity index (χ1n) is 8.23. The van der Waals surface area contributed by atoms with Gasteiger partial charge in [0.25, 0.3) is 0 Å². The molecule has 0 aromatic heterocycles. The van der Waals surface area contributed by atoms with Gasteiger partial charge in [-0.15, -0.1) is 6.58 Å². The standard InChI is InChI=1S/C18H30N4O/c1-5-12-20-18(19-4)21-15-16-8-10-17(11-9-16)23-14-13-22(6-2)7-3/h5,8-11H,1,6-7,12-15H2,2-4H3,(H2,19,20,21). The van der Waals surface area contributed by atoms with Crippen LogP contribution in [-0.2, 0) is 6.54 Å². The fraction of sp³-hybridized carbons (Fsp3) is 0.500. The smallest absolute Gasteiger partial charge is 0.191 e. The van der Waals surface area contributed by atoms with E-state index < -0.39 is 0 Å². The molecule has 0 aliphatic heterocycles. The molecular formula is C18H30N4O. The zero-order valence-electron chi connectivity index (χ0n) is 14.6. The zero-order valence-corrected chi connectivity index (χ0v) is 14.6. The van der Waals surface area contributed by atoms with Crippen LogP contribution in [0.1, 0.15) is 19.4 Å². The van der Waals surface area contributed by atoms with Gasteiger partial charge in [0.1, 0.15) is 12.4 Å². The minimum absolute atomic E-state index is 0.693. The van der Waals surface area contributed by atoms with E-state index in [0.29, 0.717) is 6.54 Å². The average molecular weight is 318 g/mol. The summed E-state index contributed by atoms with van der Waals surface area (Å²) in [6.07, 6.45) is 1.80. The minimum atomic E-state index is 0.693. The number of aliphatic imine (C=N–C) groups is 1. The molecule has 0 aliphatic carbocycles. The van der Waals surface area contributed by atoms with E-state index in [9.17, 15) is 0 Å². The number of guanidine groups is 1. The molecule has 0 aliphatic rings. The van der Waals surface area contributed by atoms with E-state index in [1.807, 2.05) is 12.1 Å². The molecule has 1 rings (SSSR count). The van der Waals surface area contributed by atoms with Crippen molar-refractivity contribution in [1.29, 1.82) is 0 Å². The first kappa shape index (κ1) is 19.0. The summed E-state index contributed by atoms with van der Waals surface area (Å²) in [6, 6.07) is 8.17. The molecule has 0 spiro atoms. The maximum absolute atomic E-state index is 5.79. The molecule has 0 saturated heterocycles. The molecule has 0 fully saturated rings. The SMILES string of the molecule is C=CCNC(=NC)NCc1ccc(OCCN(CC)CC)cc1. The first-order valence-corrected chi connectivity index (χ1v) is 8.23. The molecule has 0 unspecified atom stereocenters. The van der Waals surface area contributed by atoms with Crippen LogP contribution in [0.25, 0.3) is 0 Å². The Labute approximate surface area is 140 Å². The topological polar surface area (TPSA) is 48.9 Å². The molecule has 1 aromatic carbocycles. The Morgan fingerprint density at radius 3 is 2.48 bits per heavy atom. The van der Waals surface area contributed by atoms with Gasteiger partial charge in [-0.2, -0.15) is 0 Å². The zero-order chi connectivity index (χ0) is 16.9. The van der Waals surface area contributed by atoms with E-state index in [4.69, 9.17) is 4.74 Å². The third-order valence-corrected chi connectivity index (χ3v) is 3.59. The van der Waals surface area contributed by atoms with E-state index in [1.165, 1.54) is 5.56 Å². The second kappa shape index (κ2) is 11.5. The molecule has 1 aromatic rings. The lowest BCUT2D eigenvalue weighted by Crippen LogP contribution is -2.36. The van der Waals surface area contributed by atoms with Gasteiger partial charge in [-0.05, 0) is 30.8 Å². The highest BCUT2D eigenvalue weighted by Crippen LogP contribution is 2.12. The van der Waals surface area contributed by atoms with E-state index in [-0.39, 0.29) is 0 Å². The number of nitrogens with zero attached hydrogens (tertiary/aromatic N) is 2. The van der Waals surface area contributed by atoms with Crippen molar-refractivity contribution in [3.8, 4) is 5.75 Å². The number of hydrogen-bond donors (Lipinski definition) is 2. The molecule has 5 heteroatoms. The maximum atomic E-state index is 5.79. The number of hydrogen-bond acceptors (Lipinski definition) is 3. The van der Waals surface area contributed by atoms with E-state index in [0.717, 1.165) is 44.5 Å². The normalized spacial score (nSPS) is 11.4. The molecule has 23 heavy (non-hydrogen) atoms. The van der Waals surface area contributed by atoms with E-state index in [1.54, 1.807) is 13.1 Å². The fourth-order valence-corrected chi connectivity index (χ4v) is 2.11. The lowest BCUT2D eigenvalue weighted by molar-refractivity contribution is 0.223. The van der Waals surface area contributed by atoms with Crippen LogP contribution in [0, 0.1) is 0 Å². The van der Waals surface area contributed by atoms with Crippen LogP contribution < -0.4 is 15.4 Å². The molecule has 0 heterocycles. The third-order valence-electron chi connectivity index (χ3n) is 3.59. The van der Waals surface area contributed by atoms with Crippen molar-refractivity contribution in [2.45, 2.75) is 20.4 Å². The Kier molecular flexibility index (Phi) is 9.55. The predicted molar refractivity (Wildman–Crippen MR) is 98.1 cm³/mol. The van der Waals surface area contributed by atoms with Gasteiger partial charge in [-0.25, -0.2) is 0 Å². The monoisotopic (exact) mass is 318 g/mol. The van der Waals surface area contributed by atoms with Crippen LogP contribution in [0.2, 0.25) is 0 Å². The molecule has 2 N–H and O–H groups in total. The summed E-state index contributed by atoms with van der Waals surface area (Å²) in [7, 11) is 1.76. The van der Waals surface area contributed by atoms with Crippen LogP contribution in [0.5, 0.6) is 5.75 Å². The number of benzene rings is 1. The largest absolute Gasteiger partial charge is 0.492 e. The summed E-state index contributed by atoms with van der Waals surface area (Å²) in [5.74, 6) is 1.68. The Bertz CT molecular complexity index is 466. The highest BCUT2D eigenvalue weighted by Gasteiger charge is 2.01. The van der Waals surface area contributed by atoms with Gasteiger partial charge in [0.2, 0.25) is 0 Å². The summed E-state index contributed by atoms with van der Waals surface area (Å²) < 4.78 is 5.79. The highest BCUT2D eigenvalue weighted by atomic mass is 16.5. The number of likely N-dealkylation sites (N-methyl/N-ethyl adjacent to an activating group) is 1. The third kappa shape index (κ3) is 7.70. The molecule has 128 valence electrons. The fourth-order valence-electron chi connectivity index (χ4n) is 2.11. The average Bonchev–Trinajstić information content (AvgIpc) is 2.60. The van der Waals surface area contributed by atoms with Crippen LogP contribution in [0.15, 0.2) is 41.9 Å². The molecule has 0 atom stereocenters. The van der Waals surface area contributed by atoms with Crippen molar-refractivity contribution >= 4 is 5.96 Å². The molecule has 0 saturated carbocycles. The molecule has 0 bridgehead atoms. The van der Waals surface area contributed by atoms with Gasteiger partial charge in [0.15, 0.2) is 5.96 Å². The van der Waals surface area contributed by atoms with Crippen molar-refractivity contribution in [2.24, 2.45) is 4.99 Å². The minimum Gasteiger partial charge on any atom is -0.492 e. The summed E-state index contributed by atoms with van der Waals surface area (Å²) >= 11 is 0. The highest BCUT2D eigenvalue weighted by molar-refractivity contribution is 5.79. The summed E-state index contributed by atoms with van der Waals surface area (Å²) in [4.78, 5) is 6.50. The van der Waals surface area contributed by atoms with Crippen LogP contribution in [-0.4, -0.2) is 50.7 Å². The Morgan fingerprint density at radius 2 is 1.91 bits per heavy atom. The first-order chi connectivity index (χ1) is 11.2. The van der Waals surface area contributed by atoms with Crippen molar-refractivity contribution in [3.05, 3.63) is 42.5 Å². The number of nitrogens with one attached hydrogen (secondary N) is 2. The Balaban J connectivity index is 2.36. The number of ether oxygens (including phenoxy) is 1. The van der Waals surface area contributed by atoms with Crippen molar-refractivity contribution in [1.82, 2.24) is 15.5 Å². The predicted octanol–water partition coefficient (Wildman–Crippen LogP) is 2.26. The van der Waals surface area contributed by atoms with Crippen LogP contribution >= 0.6 is 0 Å². The number of rotatable bonds is 10. The molecule has 0 radical (unpaired) electrons. The molecule has 5 nitrogen and oxygen atoms in total. The van der Waals surface area contributed by atoms with Gasteiger partial charge in [0.05, 0.1) is 0 Å². The van der Waals surface area contributed by atoms with Gasteiger partial charge >= 0.3 is 0 Å². The van der Waals surface area contributed by atoms with E-state index >= 15 is 0 Å². The Hall–Kier alpha value is -2.01. The summed E-state index contributed by atoms with van der Waals surface area (Å²) in [5, 5.41) is 6.40. The van der Waals surface area contributed by atoms with Gasteiger partial charge in [-0.3, -0.25) is 4.99 Å². The maximum Gasteiger partial charge on any atom is 0.191 e. The van der Waals surface area contributed by atoms with Gasteiger partial charge in [-0.1, -0.05) is 32.1 Å². The van der Waals surface area contributed by atoms with Crippen molar-refractivity contribution < 1.29 is 4.74 Å². The quantitative estimate of drug-likeness (QED) is 0.395. The Morgan fingerprint density at radius 1 is 1.22 bits per heavy atom. The van der Waals surface area contributed by atoms with Crippen molar-refractivity contribution in [3.63, 3.8) is 0 Å². The van der Waals surface area contributed by atoms with Gasteiger partial charge in [0, 0.05) is 26.7 Å². The van der Waals surface area contributed by atoms with Crippen molar-refractivity contribution in [2.75, 3.05) is 39.8 Å². The van der Waals surface area contributed by atoms with Crippen LogP contribution in [0.4, 0.5) is 0 Å². The second-order valence-corrected chi connectivity index (χ2v) is 5.11. The van der Waals surface area contributed by atoms with Gasteiger partial charge < -0.3 is 20.3 Å². The van der Waals surface area contributed by atoms with E-state index in [2.05, 4.69) is 53.1 Å². The lowest BCUT2D eigenvalue weighted by Gasteiger charge is -2.18. The van der Waals surface area contributed by atoms with Crippen LogP contribution in [0.3, 0.4) is 0 Å². The molecule has 0 amide bonds.